The maximum absolute atomic E-state index is 12.6. The van der Waals surface area contributed by atoms with Crippen molar-refractivity contribution in [3.05, 3.63) is 29.8 Å². The van der Waals surface area contributed by atoms with E-state index in [4.69, 9.17) is 0 Å². The topological polar surface area (TPSA) is 80.3 Å². The molecule has 1 aromatic rings. The monoisotopic (exact) mass is 385 g/mol. The molecule has 1 heterocycles. The molecule has 24 heavy (non-hydrogen) atoms. The summed E-state index contributed by atoms with van der Waals surface area (Å²) in [6.45, 7) is 0.0588. The molecular weight excluding hydrogens is 367 g/mol. The summed E-state index contributed by atoms with van der Waals surface area (Å²) in [7, 11) is -7.01. The number of sulfonamides is 1. The number of rotatable bonds is 5. The molecule has 1 aromatic carbocycles. The minimum absolute atomic E-state index is 0.0588. The predicted molar refractivity (Wildman–Crippen MR) is 82.6 cm³/mol. The number of hydrogen-bond acceptors (Lipinski definition) is 4. The molecule has 5 nitrogen and oxygen atoms in total. The van der Waals surface area contributed by atoms with E-state index in [1.54, 1.807) is 0 Å². The summed E-state index contributed by atoms with van der Waals surface area (Å²) in [6, 6.07) is 3.55. The third kappa shape index (κ3) is 5.18. The van der Waals surface area contributed by atoms with Crippen LogP contribution in [0.4, 0.5) is 13.2 Å². The van der Waals surface area contributed by atoms with Crippen LogP contribution in [0.15, 0.2) is 29.2 Å². The van der Waals surface area contributed by atoms with Crippen LogP contribution in [0.3, 0.4) is 0 Å². The second-order valence-corrected chi connectivity index (χ2v) is 9.88. The van der Waals surface area contributed by atoms with Gasteiger partial charge in [-0.15, -0.1) is 0 Å². The second-order valence-electron chi connectivity index (χ2n) is 5.81. The molecular formula is C14H18F3NO4S2. The van der Waals surface area contributed by atoms with Gasteiger partial charge in [-0.1, -0.05) is 6.07 Å². The Morgan fingerprint density at radius 1 is 1.17 bits per heavy atom. The van der Waals surface area contributed by atoms with Crippen molar-refractivity contribution in [1.29, 1.82) is 0 Å². The van der Waals surface area contributed by atoms with E-state index in [-0.39, 0.29) is 24.0 Å². The third-order valence-corrected chi connectivity index (χ3v) is 7.16. The molecule has 0 saturated carbocycles. The smallest absolute Gasteiger partial charge is 0.229 e. The Morgan fingerprint density at radius 2 is 1.79 bits per heavy atom. The van der Waals surface area contributed by atoms with Crippen molar-refractivity contribution in [2.75, 3.05) is 18.1 Å². The normalized spacial score (nSPS) is 19.3. The Bertz CT molecular complexity index is 774. The van der Waals surface area contributed by atoms with Gasteiger partial charge in [-0.05, 0) is 43.4 Å². The highest BCUT2D eigenvalue weighted by atomic mass is 32.2. The second kappa shape index (κ2) is 7.01. The van der Waals surface area contributed by atoms with Crippen LogP contribution in [0, 0.1) is 5.92 Å². The number of halogens is 3. The Morgan fingerprint density at radius 3 is 2.38 bits per heavy atom. The van der Waals surface area contributed by atoms with Crippen molar-refractivity contribution in [2.45, 2.75) is 30.3 Å². The summed E-state index contributed by atoms with van der Waals surface area (Å²) in [5.41, 5.74) is -1.03. The molecule has 0 aromatic heterocycles. The molecule has 0 unspecified atom stereocenters. The van der Waals surface area contributed by atoms with Gasteiger partial charge in [0.25, 0.3) is 0 Å². The summed E-state index contributed by atoms with van der Waals surface area (Å²) in [5.74, 6) is 0.286. The quantitative estimate of drug-likeness (QED) is 0.843. The average Bonchev–Trinajstić information content (AvgIpc) is 2.48. The van der Waals surface area contributed by atoms with E-state index >= 15 is 0 Å². The van der Waals surface area contributed by atoms with Gasteiger partial charge in [0.2, 0.25) is 10.0 Å². The van der Waals surface area contributed by atoms with Crippen LogP contribution in [0.2, 0.25) is 0 Å². The van der Waals surface area contributed by atoms with Crippen molar-refractivity contribution >= 4 is 19.9 Å². The molecule has 136 valence electrons. The molecule has 10 heteroatoms. The lowest BCUT2D eigenvalue weighted by atomic mass is 9.99. The Kier molecular flexibility index (Phi) is 5.61. The molecule has 0 aliphatic carbocycles. The maximum atomic E-state index is 12.6. The van der Waals surface area contributed by atoms with Crippen molar-refractivity contribution < 1.29 is 30.0 Å². The minimum atomic E-state index is -4.61. The van der Waals surface area contributed by atoms with Crippen LogP contribution in [0.5, 0.6) is 0 Å². The molecule has 1 fully saturated rings. The van der Waals surface area contributed by atoms with Gasteiger partial charge < -0.3 is 0 Å². The first-order chi connectivity index (χ1) is 11.0. The van der Waals surface area contributed by atoms with Crippen LogP contribution in [0.25, 0.3) is 0 Å². The fourth-order valence-corrected chi connectivity index (χ4v) is 5.23. The first kappa shape index (κ1) is 19.2. The van der Waals surface area contributed by atoms with E-state index in [9.17, 15) is 30.0 Å². The molecule has 0 amide bonds. The van der Waals surface area contributed by atoms with Gasteiger partial charge in [0.15, 0.2) is 0 Å². The highest BCUT2D eigenvalue weighted by Crippen LogP contribution is 2.30. The van der Waals surface area contributed by atoms with E-state index in [1.807, 2.05) is 0 Å². The van der Waals surface area contributed by atoms with E-state index in [0.717, 1.165) is 18.2 Å². The first-order valence-electron chi connectivity index (χ1n) is 7.37. The summed E-state index contributed by atoms with van der Waals surface area (Å²) < 4.78 is 87.0. The maximum Gasteiger partial charge on any atom is 0.416 e. The third-order valence-electron chi connectivity index (χ3n) is 3.99. The van der Waals surface area contributed by atoms with Crippen molar-refractivity contribution in [1.82, 2.24) is 4.72 Å². The Labute approximate surface area is 139 Å². The van der Waals surface area contributed by atoms with Crippen LogP contribution >= 0.6 is 0 Å². The van der Waals surface area contributed by atoms with Crippen LogP contribution in [0.1, 0.15) is 24.8 Å². The Balaban J connectivity index is 1.95. The van der Waals surface area contributed by atoms with Crippen molar-refractivity contribution in [2.24, 2.45) is 5.92 Å². The van der Waals surface area contributed by atoms with Gasteiger partial charge in [0.1, 0.15) is 9.84 Å². The molecule has 1 aliphatic heterocycles. The number of benzene rings is 1. The number of nitrogens with one attached hydrogen (secondary N) is 1. The lowest BCUT2D eigenvalue weighted by molar-refractivity contribution is -0.137. The molecule has 0 bridgehead atoms. The van der Waals surface area contributed by atoms with E-state index in [1.165, 1.54) is 0 Å². The molecule has 1 aliphatic rings. The highest BCUT2D eigenvalue weighted by molar-refractivity contribution is 7.91. The van der Waals surface area contributed by atoms with E-state index in [2.05, 4.69) is 4.72 Å². The zero-order valence-corrected chi connectivity index (χ0v) is 14.3. The summed E-state index contributed by atoms with van der Waals surface area (Å²) >= 11 is 0. The lowest BCUT2D eigenvalue weighted by Crippen LogP contribution is -2.29. The molecule has 2 rings (SSSR count). The zero-order chi connectivity index (χ0) is 18.0. The summed E-state index contributed by atoms with van der Waals surface area (Å²) in [4.78, 5) is -0.441. The largest absolute Gasteiger partial charge is 0.416 e. The van der Waals surface area contributed by atoms with Crippen molar-refractivity contribution in [3.63, 3.8) is 0 Å². The van der Waals surface area contributed by atoms with Gasteiger partial charge in [0, 0.05) is 6.54 Å². The SMILES string of the molecule is O=S1(=O)CCC(CCNS(=O)(=O)c2cccc(C(F)(F)F)c2)CC1. The van der Waals surface area contributed by atoms with Gasteiger partial charge in [-0.25, -0.2) is 21.6 Å². The first-order valence-corrected chi connectivity index (χ1v) is 10.7. The number of sulfone groups is 1. The molecule has 1 N–H and O–H groups in total. The standard InChI is InChI=1S/C14H18F3NO4S2/c15-14(16,17)12-2-1-3-13(10-12)24(21,22)18-7-4-11-5-8-23(19,20)9-6-11/h1-3,10-11,18H,4-9H2. The molecule has 0 spiro atoms. The zero-order valence-electron chi connectivity index (χ0n) is 12.7. The van der Waals surface area contributed by atoms with Crippen LogP contribution in [-0.4, -0.2) is 34.9 Å². The number of alkyl halides is 3. The van der Waals surface area contributed by atoms with E-state index in [0.29, 0.717) is 25.3 Å². The highest BCUT2D eigenvalue weighted by Gasteiger charge is 2.31. The predicted octanol–water partition coefficient (Wildman–Crippen LogP) is 2.20. The minimum Gasteiger partial charge on any atom is -0.229 e. The van der Waals surface area contributed by atoms with Gasteiger partial charge in [-0.2, -0.15) is 13.2 Å². The molecule has 0 atom stereocenters. The number of hydrogen-bond donors (Lipinski definition) is 1. The lowest BCUT2D eigenvalue weighted by Gasteiger charge is -2.21. The van der Waals surface area contributed by atoms with Gasteiger partial charge in [0.05, 0.1) is 22.0 Å². The van der Waals surface area contributed by atoms with Gasteiger partial charge >= 0.3 is 6.18 Å². The van der Waals surface area contributed by atoms with Crippen molar-refractivity contribution in [3.8, 4) is 0 Å². The fourth-order valence-electron chi connectivity index (χ4n) is 2.55. The summed E-state index contributed by atoms with van der Waals surface area (Å²) in [5, 5.41) is 0. The van der Waals surface area contributed by atoms with E-state index < -0.39 is 36.5 Å². The van der Waals surface area contributed by atoms with Gasteiger partial charge in [-0.3, -0.25) is 0 Å². The average molecular weight is 385 g/mol. The molecule has 0 radical (unpaired) electrons. The summed E-state index contributed by atoms with van der Waals surface area (Å²) in [6.07, 6.45) is -3.20. The fraction of sp³-hybridized carbons (Fsp3) is 0.571. The van der Waals surface area contributed by atoms with Crippen LogP contribution < -0.4 is 4.72 Å². The molecule has 1 saturated heterocycles. The Hall–Kier alpha value is -1.13. The van der Waals surface area contributed by atoms with Crippen LogP contribution in [-0.2, 0) is 26.0 Å².